The number of benzene rings is 2. The molecular weight excluding hydrogens is 891 g/mol. The molecule has 5 N–H and O–H groups in total. The maximum atomic E-state index is 12.7. The summed E-state index contributed by atoms with van der Waals surface area (Å²) in [6.07, 6.45) is -3.02. The van der Waals surface area contributed by atoms with E-state index < -0.39 is 65.4 Å². The van der Waals surface area contributed by atoms with Crippen LogP contribution in [0.4, 0.5) is 23.6 Å². The lowest BCUT2D eigenvalue weighted by Gasteiger charge is -2.28. The molecule has 0 fully saturated rings. The van der Waals surface area contributed by atoms with Crippen LogP contribution < -0.4 is 15.4 Å². The number of alkyl carbamates (subject to hydrolysis) is 2. The molecule has 0 aromatic heterocycles. The molecule has 0 spiro atoms. The molecule has 0 saturated carbocycles. The van der Waals surface area contributed by atoms with Crippen molar-refractivity contribution in [3.05, 3.63) is 56.5 Å². The molecule has 0 unspecified atom stereocenters. The number of guanidine groups is 2. The van der Waals surface area contributed by atoms with Crippen molar-refractivity contribution in [3.63, 3.8) is 0 Å². The zero-order valence-electron chi connectivity index (χ0n) is 35.1. The number of aromatic hydroxyl groups is 1. The van der Waals surface area contributed by atoms with Crippen LogP contribution in [0.1, 0.15) is 101 Å². The molecular formula is C39H57Br2FN6O10. The van der Waals surface area contributed by atoms with E-state index in [9.17, 15) is 28.7 Å². The second-order valence-electron chi connectivity index (χ2n) is 16.5. The Morgan fingerprint density at radius 1 is 0.655 bits per heavy atom. The summed E-state index contributed by atoms with van der Waals surface area (Å²) >= 11 is 6.59. The molecule has 0 aliphatic carbocycles. The summed E-state index contributed by atoms with van der Waals surface area (Å²) in [5, 5.41) is 30.4. The summed E-state index contributed by atoms with van der Waals surface area (Å²) in [7, 11) is 0. The van der Waals surface area contributed by atoms with Gasteiger partial charge in [0.25, 0.3) is 0 Å². The Balaban J connectivity index is 0.000000586. The Hall–Kier alpha value is -4.65. The molecule has 0 radical (unpaired) electrons. The molecule has 0 aliphatic heterocycles. The molecule has 0 atom stereocenters. The first-order valence-corrected chi connectivity index (χ1v) is 19.6. The Bertz CT molecular complexity index is 1770. The molecule has 0 heterocycles. The van der Waals surface area contributed by atoms with Gasteiger partial charge in [0, 0.05) is 6.42 Å². The summed E-state index contributed by atoms with van der Waals surface area (Å²) in [6, 6.07) is 9.75. The minimum atomic E-state index is -0.858. The van der Waals surface area contributed by atoms with Gasteiger partial charge in [0.05, 0.1) is 35.3 Å². The molecule has 16 nitrogen and oxygen atoms in total. The first-order chi connectivity index (χ1) is 26.4. The molecule has 19 heteroatoms. The average Bonchev–Trinajstić information content (AvgIpc) is 3.01. The van der Waals surface area contributed by atoms with Gasteiger partial charge in [-0.1, -0.05) is 12.1 Å². The number of nitrogens with zero attached hydrogens (tertiary/aromatic N) is 2. The number of phenols is 1. The van der Waals surface area contributed by atoms with Gasteiger partial charge in [-0.15, -0.1) is 0 Å². The van der Waals surface area contributed by atoms with Crippen LogP contribution in [0.25, 0.3) is 0 Å². The van der Waals surface area contributed by atoms with E-state index in [4.69, 9.17) is 34.5 Å². The minimum absolute atomic E-state index is 0.0459. The van der Waals surface area contributed by atoms with Gasteiger partial charge < -0.3 is 28.8 Å². The fourth-order valence-electron chi connectivity index (χ4n) is 4.05. The van der Waals surface area contributed by atoms with Crippen molar-refractivity contribution in [2.45, 2.75) is 125 Å². The average molecular weight is 949 g/mol. The largest absolute Gasteiger partial charge is 0.507 e. The van der Waals surface area contributed by atoms with Crippen LogP contribution in [0, 0.1) is 10.8 Å². The number of ether oxygens (including phenoxy) is 5. The zero-order valence-corrected chi connectivity index (χ0v) is 38.3. The molecule has 2 aromatic carbocycles. The van der Waals surface area contributed by atoms with Gasteiger partial charge in [-0.05, 0) is 150 Å². The number of carbonyl (C=O) groups excluding carboxylic acids is 4. The minimum Gasteiger partial charge on any atom is -0.507 e. The first kappa shape index (κ1) is 51.4. The Morgan fingerprint density at radius 2 is 1.03 bits per heavy atom. The van der Waals surface area contributed by atoms with Crippen LogP contribution in [0.5, 0.6) is 11.5 Å². The van der Waals surface area contributed by atoms with Crippen molar-refractivity contribution < 1.29 is 52.4 Å². The zero-order chi connectivity index (χ0) is 44.8. The number of amides is 4. The number of nitrogens with one attached hydrogen (secondary N) is 4. The standard InChI is InChI=1S/C21H31BrFN3O5.C18H26BrN3O5/c1-20(2,3)30-18(27)25-17(24)26(19(28)31-21(4,5)6)13-14-8-9-16(15(22)12-14)29-11-7-10-23;1-17(2,3)26-15(24)21-14(20)22(16(25)27-18(4,5)6)10-11-7-8-13(23)12(19)9-11/h8-9,12H,7,10-11,13H2,1-6H3,(H2,24,25,27);7-9,23H,10H2,1-6H3,(H2,20,21,24). The van der Waals surface area contributed by atoms with E-state index in [0.29, 0.717) is 25.8 Å². The van der Waals surface area contributed by atoms with Gasteiger partial charge >= 0.3 is 24.4 Å². The number of alkyl halides is 1. The van der Waals surface area contributed by atoms with Gasteiger partial charge in [-0.3, -0.25) is 25.8 Å². The summed E-state index contributed by atoms with van der Waals surface area (Å²) in [5.74, 6) is -0.391. The first-order valence-electron chi connectivity index (χ1n) is 18.0. The van der Waals surface area contributed by atoms with Crippen LogP contribution in [0.3, 0.4) is 0 Å². The lowest BCUT2D eigenvalue weighted by molar-refractivity contribution is 0.0330. The van der Waals surface area contributed by atoms with Crippen LogP contribution in [-0.2, 0) is 32.0 Å². The lowest BCUT2D eigenvalue weighted by Crippen LogP contribution is -2.49. The third-order valence-corrected chi connectivity index (χ3v) is 7.49. The van der Waals surface area contributed by atoms with E-state index in [2.05, 4.69) is 42.5 Å². The maximum Gasteiger partial charge on any atom is 0.417 e. The number of rotatable bonds is 8. The van der Waals surface area contributed by atoms with Gasteiger partial charge in [-0.25, -0.2) is 29.0 Å². The van der Waals surface area contributed by atoms with E-state index in [1.54, 1.807) is 113 Å². The predicted octanol–water partition coefficient (Wildman–Crippen LogP) is 9.74. The summed E-state index contributed by atoms with van der Waals surface area (Å²) in [5.41, 5.74) is -1.83. The van der Waals surface area contributed by atoms with E-state index in [-0.39, 0.29) is 31.9 Å². The fraction of sp³-hybridized carbons (Fsp3) is 0.538. The molecule has 324 valence electrons. The summed E-state index contributed by atoms with van der Waals surface area (Å²) in [6.45, 7) is 20.0. The number of halogens is 3. The number of carbonyl (C=O) groups is 4. The lowest BCUT2D eigenvalue weighted by atomic mass is 10.2. The molecule has 0 aliphatic rings. The summed E-state index contributed by atoms with van der Waals surface area (Å²) < 4.78 is 39.8. The van der Waals surface area contributed by atoms with E-state index >= 15 is 0 Å². The fourth-order valence-corrected chi connectivity index (χ4v) is 5.02. The van der Waals surface area contributed by atoms with E-state index in [1.807, 2.05) is 0 Å². The van der Waals surface area contributed by atoms with Crippen LogP contribution in [0.15, 0.2) is 45.3 Å². The van der Waals surface area contributed by atoms with Crippen molar-refractivity contribution in [2.75, 3.05) is 13.3 Å². The highest BCUT2D eigenvalue weighted by Gasteiger charge is 2.30. The number of hydrogen-bond acceptors (Lipinski definition) is 12. The molecule has 2 rings (SSSR count). The van der Waals surface area contributed by atoms with Crippen LogP contribution >= 0.6 is 31.9 Å². The van der Waals surface area contributed by atoms with Crippen molar-refractivity contribution in [3.8, 4) is 11.5 Å². The molecule has 2 aromatic rings. The predicted molar refractivity (Wildman–Crippen MR) is 224 cm³/mol. The monoisotopic (exact) mass is 946 g/mol. The van der Waals surface area contributed by atoms with Crippen LogP contribution in [-0.4, -0.2) is 86.9 Å². The second kappa shape index (κ2) is 21.9. The maximum absolute atomic E-state index is 12.7. The quantitative estimate of drug-likeness (QED) is 0.0731. The van der Waals surface area contributed by atoms with E-state index in [0.717, 1.165) is 9.80 Å². The molecule has 58 heavy (non-hydrogen) atoms. The highest BCUT2D eigenvalue weighted by Crippen LogP contribution is 2.28. The van der Waals surface area contributed by atoms with Gasteiger partial charge in [0.1, 0.15) is 33.9 Å². The Kier molecular flexibility index (Phi) is 19.4. The summed E-state index contributed by atoms with van der Waals surface area (Å²) in [4.78, 5) is 51.2. The van der Waals surface area contributed by atoms with Crippen LogP contribution in [0.2, 0.25) is 0 Å². The number of phenolic OH excluding ortho intramolecular Hbond substituents is 1. The van der Waals surface area contributed by atoms with Gasteiger partial charge in [0.15, 0.2) is 0 Å². The van der Waals surface area contributed by atoms with Crippen molar-refractivity contribution >= 4 is 68.2 Å². The normalized spacial score (nSPS) is 11.5. The second-order valence-corrected chi connectivity index (χ2v) is 18.2. The smallest absolute Gasteiger partial charge is 0.417 e. The highest BCUT2D eigenvalue weighted by atomic mass is 79.9. The van der Waals surface area contributed by atoms with E-state index in [1.165, 1.54) is 6.07 Å². The topological polar surface area (TPSA) is 213 Å². The Morgan fingerprint density at radius 3 is 1.38 bits per heavy atom. The number of hydrogen-bond donors (Lipinski definition) is 5. The molecule has 0 saturated heterocycles. The third-order valence-electron chi connectivity index (χ3n) is 6.23. The molecule has 0 bridgehead atoms. The van der Waals surface area contributed by atoms with Crippen molar-refractivity contribution in [1.29, 1.82) is 10.8 Å². The SMILES string of the molecule is CC(C)(C)OC(=O)NC(=N)N(Cc1ccc(O)c(Br)c1)C(=O)OC(C)(C)C.CC(C)(C)OC(=O)NC(=N)N(Cc1ccc(OCCCF)c(Br)c1)C(=O)OC(C)(C)C. The van der Waals surface area contributed by atoms with Crippen molar-refractivity contribution in [1.82, 2.24) is 20.4 Å². The third kappa shape index (κ3) is 21.2. The van der Waals surface area contributed by atoms with Crippen molar-refractivity contribution in [2.24, 2.45) is 0 Å². The molecule has 4 amide bonds. The highest BCUT2D eigenvalue weighted by molar-refractivity contribution is 9.10. The van der Waals surface area contributed by atoms with Gasteiger partial charge in [-0.2, -0.15) is 0 Å². The van der Waals surface area contributed by atoms with Gasteiger partial charge in [0.2, 0.25) is 11.9 Å². The Labute approximate surface area is 356 Å².